The second-order valence-corrected chi connectivity index (χ2v) is 8.07. The van der Waals surface area contributed by atoms with Gasteiger partial charge in [0, 0.05) is 23.5 Å². The minimum absolute atomic E-state index is 0.0974. The van der Waals surface area contributed by atoms with Crippen LogP contribution < -0.4 is 0 Å². The number of halogens is 2. The summed E-state index contributed by atoms with van der Waals surface area (Å²) in [5.41, 5.74) is 1.34. The van der Waals surface area contributed by atoms with Crippen LogP contribution in [0.25, 0.3) is 10.9 Å². The summed E-state index contributed by atoms with van der Waals surface area (Å²) in [6.07, 6.45) is 2.37. The summed E-state index contributed by atoms with van der Waals surface area (Å²) in [5.74, 6) is -0.265. The lowest BCUT2D eigenvalue weighted by atomic mass is 10.0. The lowest BCUT2D eigenvalue weighted by Gasteiger charge is -2.28. The van der Waals surface area contributed by atoms with E-state index in [2.05, 4.69) is 20.9 Å². The molecular formula is C18H22BrFN2O2. The molecule has 1 N–H and O–H groups in total. The molecule has 130 valence electrons. The Balaban J connectivity index is 1.82. The lowest BCUT2D eigenvalue weighted by Crippen LogP contribution is -2.40. The Hall–Kier alpha value is -1.56. The molecule has 2 aromatic rings. The summed E-state index contributed by atoms with van der Waals surface area (Å²) >= 11 is 3.53. The molecule has 0 radical (unpaired) electrons. The zero-order valence-corrected chi connectivity index (χ0v) is 15.7. The van der Waals surface area contributed by atoms with E-state index >= 15 is 0 Å². The summed E-state index contributed by atoms with van der Waals surface area (Å²) < 4.78 is 19.8. The van der Waals surface area contributed by atoms with Crippen molar-refractivity contribution in [2.75, 3.05) is 6.54 Å². The van der Waals surface area contributed by atoms with E-state index in [4.69, 9.17) is 4.74 Å². The number of hydrogen-bond acceptors (Lipinski definition) is 2. The number of hydrogen-bond donors (Lipinski definition) is 1. The molecule has 0 bridgehead atoms. The van der Waals surface area contributed by atoms with E-state index in [1.165, 1.54) is 12.1 Å². The van der Waals surface area contributed by atoms with Crippen LogP contribution in [0.5, 0.6) is 0 Å². The first-order valence-corrected chi connectivity index (χ1v) is 8.99. The minimum atomic E-state index is -0.497. The van der Waals surface area contributed by atoms with Gasteiger partial charge in [-0.3, -0.25) is 0 Å². The Bertz CT molecular complexity index is 766. The maximum atomic E-state index is 13.4. The molecule has 1 aliphatic heterocycles. The van der Waals surface area contributed by atoms with Crippen LogP contribution in [0.2, 0.25) is 0 Å². The molecule has 0 saturated carbocycles. The fourth-order valence-corrected chi connectivity index (χ4v) is 3.83. The number of nitrogens with zero attached hydrogens (tertiary/aromatic N) is 1. The highest BCUT2D eigenvalue weighted by atomic mass is 79.9. The molecule has 6 heteroatoms. The van der Waals surface area contributed by atoms with Gasteiger partial charge in [0.1, 0.15) is 11.4 Å². The van der Waals surface area contributed by atoms with Gasteiger partial charge in [0.05, 0.1) is 4.60 Å². The quantitative estimate of drug-likeness (QED) is 0.774. The van der Waals surface area contributed by atoms with Gasteiger partial charge in [0.2, 0.25) is 0 Å². The molecule has 3 rings (SSSR count). The average molecular weight is 397 g/mol. The first-order valence-electron chi connectivity index (χ1n) is 8.20. The minimum Gasteiger partial charge on any atom is -0.444 e. The summed E-state index contributed by atoms with van der Waals surface area (Å²) in [4.78, 5) is 17.4. The van der Waals surface area contributed by atoms with Crippen LogP contribution >= 0.6 is 15.9 Å². The van der Waals surface area contributed by atoms with E-state index in [1.54, 1.807) is 6.07 Å². The highest BCUT2D eigenvalue weighted by Crippen LogP contribution is 2.32. The van der Waals surface area contributed by atoms with Crippen molar-refractivity contribution < 1.29 is 13.9 Å². The molecule has 0 spiro atoms. The van der Waals surface area contributed by atoms with Crippen molar-refractivity contribution in [1.29, 1.82) is 0 Å². The van der Waals surface area contributed by atoms with Gasteiger partial charge in [0.25, 0.3) is 0 Å². The SMILES string of the molecule is CC(C)(C)OC(=O)N1CCCC1Cc1c(Br)[nH]c2cc(F)ccc12. The normalized spacial score (nSPS) is 18.4. The zero-order chi connectivity index (χ0) is 17.5. The molecule has 1 fully saturated rings. The maximum absolute atomic E-state index is 13.4. The van der Waals surface area contributed by atoms with Gasteiger partial charge < -0.3 is 14.6 Å². The number of likely N-dealkylation sites (tertiary alicyclic amines) is 1. The summed E-state index contributed by atoms with van der Waals surface area (Å²) in [5, 5.41) is 0.985. The number of carbonyl (C=O) groups is 1. The van der Waals surface area contributed by atoms with Crippen LogP contribution in [-0.2, 0) is 11.2 Å². The summed E-state index contributed by atoms with van der Waals surface area (Å²) in [6, 6.07) is 4.84. The standard InChI is InChI=1S/C18H22BrFN2O2/c1-18(2,3)24-17(23)22-8-4-5-12(22)10-14-13-7-6-11(20)9-15(13)21-16(14)19/h6-7,9,12,21H,4-5,8,10H2,1-3H3. The number of aromatic amines is 1. The molecule has 1 aliphatic rings. The number of ether oxygens (including phenoxy) is 1. The molecule has 1 aromatic heterocycles. The third-order valence-corrected chi connectivity index (χ3v) is 4.94. The molecule has 0 aliphatic carbocycles. The van der Waals surface area contributed by atoms with E-state index in [0.717, 1.165) is 33.9 Å². The van der Waals surface area contributed by atoms with Gasteiger partial charge in [-0.25, -0.2) is 9.18 Å². The maximum Gasteiger partial charge on any atom is 0.410 e. The van der Waals surface area contributed by atoms with Crippen molar-refractivity contribution >= 4 is 32.9 Å². The van der Waals surface area contributed by atoms with Crippen molar-refractivity contribution in [3.63, 3.8) is 0 Å². The van der Waals surface area contributed by atoms with E-state index < -0.39 is 5.60 Å². The molecule has 1 aromatic carbocycles. The third-order valence-electron chi connectivity index (χ3n) is 4.26. The monoisotopic (exact) mass is 396 g/mol. The largest absolute Gasteiger partial charge is 0.444 e. The first-order chi connectivity index (χ1) is 11.2. The number of amides is 1. The predicted molar refractivity (Wildman–Crippen MR) is 95.6 cm³/mol. The Labute approximate surface area is 149 Å². The number of nitrogens with one attached hydrogen (secondary N) is 1. The average Bonchev–Trinajstić information content (AvgIpc) is 3.02. The van der Waals surface area contributed by atoms with Gasteiger partial charge in [0.15, 0.2) is 0 Å². The van der Waals surface area contributed by atoms with E-state index in [0.29, 0.717) is 13.0 Å². The van der Waals surface area contributed by atoms with Gasteiger partial charge in [-0.15, -0.1) is 0 Å². The number of aromatic nitrogens is 1. The molecule has 24 heavy (non-hydrogen) atoms. The lowest BCUT2D eigenvalue weighted by molar-refractivity contribution is 0.0227. The van der Waals surface area contributed by atoms with Crippen LogP contribution in [0.1, 0.15) is 39.2 Å². The van der Waals surface area contributed by atoms with Gasteiger partial charge in [-0.1, -0.05) is 0 Å². The third kappa shape index (κ3) is 3.58. The predicted octanol–water partition coefficient (Wildman–Crippen LogP) is 5.01. The Morgan fingerprint density at radius 3 is 2.92 bits per heavy atom. The molecule has 2 heterocycles. The molecule has 1 amide bonds. The van der Waals surface area contributed by atoms with Gasteiger partial charge in [-0.2, -0.15) is 0 Å². The van der Waals surface area contributed by atoms with E-state index in [1.807, 2.05) is 25.7 Å². The highest BCUT2D eigenvalue weighted by Gasteiger charge is 2.33. The van der Waals surface area contributed by atoms with Crippen LogP contribution in [0, 0.1) is 5.82 Å². The number of fused-ring (bicyclic) bond motifs is 1. The van der Waals surface area contributed by atoms with Crippen molar-refractivity contribution in [2.45, 2.75) is 51.7 Å². The topological polar surface area (TPSA) is 45.3 Å². The number of rotatable bonds is 2. The number of carbonyl (C=O) groups excluding carboxylic acids is 1. The number of H-pyrrole nitrogens is 1. The molecule has 1 atom stereocenters. The summed E-state index contributed by atoms with van der Waals surface area (Å²) in [6.45, 7) is 6.34. The second kappa shape index (κ2) is 6.39. The van der Waals surface area contributed by atoms with Crippen LogP contribution in [0.3, 0.4) is 0 Å². The van der Waals surface area contributed by atoms with Crippen LogP contribution in [0.15, 0.2) is 22.8 Å². The number of benzene rings is 1. The van der Waals surface area contributed by atoms with Gasteiger partial charge in [-0.05, 0) is 79.7 Å². The molecule has 1 unspecified atom stereocenters. The van der Waals surface area contributed by atoms with E-state index in [-0.39, 0.29) is 18.0 Å². The van der Waals surface area contributed by atoms with Crippen molar-refractivity contribution in [2.24, 2.45) is 0 Å². The molecule has 4 nitrogen and oxygen atoms in total. The second-order valence-electron chi connectivity index (χ2n) is 7.28. The van der Waals surface area contributed by atoms with Gasteiger partial charge >= 0.3 is 6.09 Å². The fraction of sp³-hybridized carbons (Fsp3) is 0.500. The van der Waals surface area contributed by atoms with Crippen molar-refractivity contribution in [3.8, 4) is 0 Å². The first kappa shape index (κ1) is 17.3. The Morgan fingerprint density at radius 2 is 2.21 bits per heavy atom. The fourth-order valence-electron chi connectivity index (χ4n) is 3.24. The van der Waals surface area contributed by atoms with Crippen molar-refractivity contribution in [1.82, 2.24) is 9.88 Å². The highest BCUT2D eigenvalue weighted by molar-refractivity contribution is 9.10. The van der Waals surface area contributed by atoms with E-state index in [9.17, 15) is 9.18 Å². The smallest absolute Gasteiger partial charge is 0.410 e. The molecular weight excluding hydrogens is 375 g/mol. The zero-order valence-electron chi connectivity index (χ0n) is 14.2. The Morgan fingerprint density at radius 1 is 1.46 bits per heavy atom. The Kier molecular flexibility index (Phi) is 4.60. The van der Waals surface area contributed by atoms with Crippen LogP contribution in [0.4, 0.5) is 9.18 Å². The summed E-state index contributed by atoms with van der Waals surface area (Å²) in [7, 11) is 0. The van der Waals surface area contributed by atoms with Crippen molar-refractivity contribution in [3.05, 3.63) is 34.2 Å². The molecule has 1 saturated heterocycles. The van der Waals surface area contributed by atoms with Crippen LogP contribution in [-0.4, -0.2) is 34.2 Å².